The smallest absolute Gasteiger partial charge is 0.0146 e. The van der Waals surface area contributed by atoms with Gasteiger partial charge in [0, 0.05) is 12.3 Å². The molecule has 0 aromatic rings. The zero-order chi connectivity index (χ0) is 8.91. The molecule has 0 fully saturated rings. The van der Waals surface area contributed by atoms with Crippen LogP contribution < -0.4 is 0 Å². The number of hydrogen-bond donors (Lipinski definition) is 0. The topological polar surface area (TPSA) is 0 Å². The summed E-state index contributed by atoms with van der Waals surface area (Å²) in [6, 6.07) is 0. The molecule has 0 unspecified atom stereocenters. The van der Waals surface area contributed by atoms with Gasteiger partial charge in [0.1, 0.15) is 0 Å². The van der Waals surface area contributed by atoms with E-state index in [1.807, 2.05) is 0 Å². The van der Waals surface area contributed by atoms with E-state index in [0.717, 1.165) is 6.42 Å². The first-order valence-electron chi connectivity index (χ1n) is 4.46. The second-order valence-electron chi connectivity index (χ2n) is 4.17. The molecule has 11 heavy (non-hydrogen) atoms. The Morgan fingerprint density at radius 3 is 2.18 bits per heavy atom. The van der Waals surface area contributed by atoms with E-state index >= 15 is 0 Å². The van der Waals surface area contributed by atoms with Crippen LogP contribution in [0.1, 0.15) is 47.5 Å². The maximum atomic E-state index is 3.23. The molecule has 0 N–H and O–H groups in total. The molecule has 0 aliphatic heterocycles. The van der Waals surface area contributed by atoms with Gasteiger partial charge in [-0.1, -0.05) is 41.0 Å². The minimum atomic E-state index is 0.405. The van der Waals surface area contributed by atoms with Crippen molar-refractivity contribution in [2.24, 2.45) is 11.3 Å². The van der Waals surface area contributed by atoms with E-state index < -0.39 is 0 Å². The van der Waals surface area contributed by atoms with Crippen LogP contribution in [0, 0.1) is 23.2 Å². The van der Waals surface area contributed by atoms with Crippen LogP contribution >= 0.6 is 0 Å². The van der Waals surface area contributed by atoms with Crippen molar-refractivity contribution < 1.29 is 0 Å². The van der Waals surface area contributed by atoms with Gasteiger partial charge in [-0.3, -0.25) is 0 Å². The maximum Gasteiger partial charge on any atom is 0.0146 e. The summed E-state index contributed by atoms with van der Waals surface area (Å²) in [6.45, 7) is 11.0. The molecule has 0 amide bonds. The van der Waals surface area contributed by atoms with Gasteiger partial charge in [-0.05, 0) is 5.41 Å². The molecular weight excluding hydrogens is 132 g/mol. The van der Waals surface area contributed by atoms with Crippen molar-refractivity contribution in [1.29, 1.82) is 0 Å². The molecule has 0 nitrogen and oxygen atoms in total. The molecule has 0 aromatic carbocycles. The fourth-order valence-corrected chi connectivity index (χ4v) is 0.619. The predicted octanol–water partition coefficient (Wildman–Crippen LogP) is 3.47. The van der Waals surface area contributed by atoms with Crippen molar-refractivity contribution in [1.82, 2.24) is 0 Å². The van der Waals surface area contributed by atoms with Crippen molar-refractivity contribution in [3.63, 3.8) is 0 Å². The molecule has 0 saturated heterocycles. The van der Waals surface area contributed by atoms with E-state index in [9.17, 15) is 0 Å². The highest BCUT2D eigenvalue weighted by molar-refractivity contribution is 5.03. The van der Waals surface area contributed by atoms with Crippen molar-refractivity contribution in [2.75, 3.05) is 0 Å². The molecule has 0 spiro atoms. The van der Waals surface area contributed by atoms with E-state index in [4.69, 9.17) is 0 Å². The van der Waals surface area contributed by atoms with Crippen LogP contribution in [0.2, 0.25) is 0 Å². The molecular formula is C11H20. The first-order chi connectivity index (χ1) is 4.98. The Morgan fingerprint density at radius 2 is 1.82 bits per heavy atom. The van der Waals surface area contributed by atoms with Gasteiger partial charge in [-0.2, -0.15) is 0 Å². The fourth-order valence-electron chi connectivity index (χ4n) is 0.619. The first kappa shape index (κ1) is 10.6. The average Bonchev–Trinajstić information content (AvgIpc) is 1.87. The van der Waals surface area contributed by atoms with E-state index in [1.54, 1.807) is 0 Å². The van der Waals surface area contributed by atoms with Gasteiger partial charge in [0.25, 0.3) is 0 Å². The molecule has 0 aliphatic carbocycles. The second-order valence-corrected chi connectivity index (χ2v) is 4.17. The predicted molar refractivity (Wildman–Crippen MR) is 51.3 cm³/mol. The second kappa shape index (κ2) is 4.44. The highest BCUT2D eigenvalue weighted by atomic mass is 14.2. The summed E-state index contributed by atoms with van der Waals surface area (Å²) in [6.07, 6.45) is 2.24. The van der Waals surface area contributed by atoms with Gasteiger partial charge in [0.2, 0.25) is 0 Å². The lowest BCUT2D eigenvalue weighted by Gasteiger charge is -2.18. The molecule has 0 rings (SSSR count). The zero-order valence-corrected chi connectivity index (χ0v) is 8.49. The van der Waals surface area contributed by atoms with Crippen molar-refractivity contribution in [3.05, 3.63) is 0 Å². The third-order valence-corrected chi connectivity index (χ3v) is 1.91. The Morgan fingerprint density at radius 1 is 1.27 bits per heavy atom. The molecule has 0 bridgehead atoms. The molecule has 64 valence electrons. The Kier molecular flexibility index (Phi) is 4.26. The molecule has 0 heteroatoms. The summed E-state index contributed by atoms with van der Waals surface area (Å²) in [5.41, 5.74) is 0.405. The Labute approximate surface area is 71.4 Å². The van der Waals surface area contributed by atoms with Crippen LogP contribution in [0.15, 0.2) is 0 Å². The highest BCUT2D eigenvalue weighted by Gasteiger charge is 2.12. The average molecular weight is 152 g/mol. The largest absolute Gasteiger partial charge is 0.102 e. The third kappa shape index (κ3) is 5.98. The fraction of sp³-hybridized carbons (Fsp3) is 0.818. The van der Waals surface area contributed by atoms with E-state index in [1.165, 1.54) is 6.42 Å². The molecule has 0 saturated carbocycles. The van der Waals surface area contributed by atoms with Crippen molar-refractivity contribution in [3.8, 4) is 11.8 Å². The van der Waals surface area contributed by atoms with Crippen LogP contribution in [-0.4, -0.2) is 0 Å². The lowest BCUT2D eigenvalue weighted by atomic mass is 9.87. The van der Waals surface area contributed by atoms with Gasteiger partial charge in [-0.25, -0.2) is 0 Å². The lowest BCUT2D eigenvalue weighted by Crippen LogP contribution is -2.07. The van der Waals surface area contributed by atoms with Gasteiger partial charge in [-0.15, -0.1) is 11.8 Å². The summed E-state index contributed by atoms with van der Waals surface area (Å²) in [5.74, 6) is 6.93. The summed E-state index contributed by atoms with van der Waals surface area (Å²) in [4.78, 5) is 0. The van der Waals surface area contributed by atoms with E-state index in [0.29, 0.717) is 11.3 Å². The highest BCUT2D eigenvalue weighted by Crippen LogP contribution is 2.23. The summed E-state index contributed by atoms with van der Waals surface area (Å²) >= 11 is 0. The van der Waals surface area contributed by atoms with Crippen LogP contribution in [0.25, 0.3) is 0 Å². The summed E-state index contributed by atoms with van der Waals surface area (Å²) in [5, 5.41) is 0. The van der Waals surface area contributed by atoms with Crippen molar-refractivity contribution >= 4 is 0 Å². The first-order valence-corrected chi connectivity index (χ1v) is 4.46. The molecule has 0 aromatic heterocycles. The third-order valence-electron chi connectivity index (χ3n) is 1.91. The van der Waals surface area contributed by atoms with Crippen LogP contribution in [0.5, 0.6) is 0 Å². The summed E-state index contributed by atoms with van der Waals surface area (Å²) in [7, 11) is 0. The number of rotatable bonds is 2. The number of hydrogen-bond acceptors (Lipinski definition) is 0. The Balaban J connectivity index is 3.80. The minimum Gasteiger partial charge on any atom is -0.102 e. The molecule has 0 aliphatic rings. The Bertz CT molecular complexity index is 153. The molecule has 0 radical (unpaired) electrons. The monoisotopic (exact) mass is 152 g/mol. The van der Waals surface area contributed by atoms with E-state index in [2.05, 4.69) is 46.5 Å². The normalized spacial score (nSPS) is 11.1. The van der Waals surface area contributed by atoms with Gasteiger partial charge in [0.05, 0.1) is 0 Å². The molecule has 0 heterocycles. The van der Waals surface area contributed by atoms with Crippen LogP contribution in [0.4, 0.5) is 0 Å². The lowest BCUT2D eigenvalue weighted by molar-refractivity contribution is 0.362. The molecule has 0 atom stereocenters. The van der Waals surface area contributed by atoms with Crippen LogP contribution in [0.3, 0.4) is 0 Å². The van der Waals surface area contributed by atoms with Crippen LogP contribution in [-0.2, 0) is 0 Å². The van der Waals surface area contributed by atoms with Gasteiger partial charge < -0.3 is 0 Å². The maximum absolute atomic E-state index is 3.23. The zero-order valence-electron chi connectivity index (χ0n) is 8.49. The Hall–Kier alpha value is -0.440. The van der Waals surface area contributed by atoms with E-state index in [-0.39, 0.29) is 0 Å². The van der Waals surface area contributed by atoms with Crippen molar-refractivity contribution in [2.45, 2.75) is 47.5 Å². The minimum absolute atomic E-state index is 0.405. The van der Waals surface area contributed by atoms with Gasteiger partial charge >= 0.3 is 0 Å². The quantitative estimate of drug-likeness (QED) is 0.531. The standard InChI is InChI=1S/C11H20/c1-6-11(4,5)9-7-8-10(2)3/h10H,6,9H2,1-5H3. The van der Waals surface area contributed by atoms with Gasteiger partial charge in [0.15, 0.2) is 0 Å². The SMILES string of the molecule is CCC(C)(C)CC#CC(C)C. The summed E-state index contributed by atoms with van der Waals surface area (Å²) < 4.78 is 0.